The first-order valence-electron chi connectivity index (χ1n) is 15.6. The van der Waals surface area contributed by atoms with Crippen LogP contribution in [0, 0.1) is 6.92 Å². The van der Waals surface area contributed by atoms with Gasteiger partial charge in [-0.2, -0.15) is 0 Å². The standard InChI is InChI=1S/C33H32N6O9.CH2O2/c1-17-21-13-36-31(43)24-12-20(37-30(42)22-14-35-23(15-34-22)33(44)46-3)16-39(24)29(41)9-5-18-4-7-25(40)27(10-18)48-28-11-19(32(38-21)47-17)6-8-26(28)45-2;2-1-3/h4,6-8,10-11,14-15,20,24,40H,5,9,12-13,16H2,1-3H3,(H,36,43)(H,37,42);1H,(H,2,3)/t20-,24-;/m0./s1. The molecule has 51 heavy (non-hydrogen) atoms. The van der Waals surface area contributed by atoms with Crippen molar-refractivity contribution < 1.29 is 52.8 Å². The second-order valence-corrected chi connectivity index (χ2v) is 11.4. The van der Waals surface area contributed by atoms with Crippen molar-refractivity contribution in [2.45, 2.75) is 44.8 Å². The molecule has 2 aliphatic heterocycles. The van der Waals surface area contributed by atoms with Gasteiger partial charge in [-0.25, -0.2) is 19.7 Å². The van der Waals surface area contributed by atoms with Crippen LogP contribution in [0.5, 0.6) is 23.0 Å². The topological polar surface area (TPSA) is 233 Å². The van der Waals surface area contributed by atoms with Gasteiger partial charge in [0.15, 0.2) is 28.7 Å². The summed E-state index contributed by atoms with van der Waals surface area (Å²) in [7, 11) is 2.71. The monoisotopic (exact) mass is 702 g/mol. The van der Waals surface area contributed by atoms with Gasteiger partial charge in [0.1, 0.15) is 23.2 Å². The van der Waals surface area contributed by atoms with Gasteiger partial charge in [-0.3, -0.25) is 19.2 Å². The Hall–Kier alpha value is -6.52. The number of aromatic nitrogens is 3. The quantitative estimate of drug-likeness (QED) is 0.177. The van der Waals surface area contributed by atoms with Crippen LogP contribution in [-0.2, 0) is 32.1 Å². The Balaban J connectivity index is 0.00000162. The molecular weight excluding hydrogens is 668 g/mol. The summed E-state index contributed by atoms with van der Waals surface area (Å²) < 4.78 is 22.1. The van der Waals surface area contributed by atoms with Crippen molar-refractivity contribution in [1.82, 2.24) is 30.5 Å². The number of carboxylic acid groups (broad SMARTS) is 1. The molecule has 0 unspecified atom stereocenters. The smallest absolute Gasteiger partial charge is 0.358 e. The maximum Gasteiger partial charge on any atom is 0.358 e. The van der Waals surface area contributed by atoms with E-state index in [2.05, 4.69) is 30.3 Å². The molecule has 4 heterocycles. The van der Waals surface area contributed by atoms with Gasteiger partial charge in [-0.15, -0.1) is 0 Å². The van der Waals surface area contributed by atoms with Crippen LogP contribution in [0.15, 0.2) is 53.2 Å². The average Bonchev–Trinajstić information content (AvgIpc) is 3.73. The molecule has 17 nitrogen and oxygen atoms in total. The fourth-order valence-electron chi connectivity index (χ4n) is 5.58. The normalized spacial score (nSPS) is 16.9. The fraction of sp³-hybridized carbons (Fsp3) is 0.294. The van der Waals surface area contributed by atoms with Gasteiger partial charge in [0, 0.05) is 24.6 Å². The summed E-state index contributed by atoms with van der Waals surface area (Å²) in [6.07, 6.45) is 2.75. The molecular formula is C34H34N6O11. The van der Waals surface area contributed by atoms with Crippen molar-refractivity contribution >= 4 is 30.2 Å². The van der Waals surface area contributed by atoms with Gasteiger partial charge in [0.2, 0.25) is 17.7 Å². The highest BCUT2D eigenvalue weighted by atomic mass is 16.5. The van der Waals surface area contributed by atoms with Crippen LogP contribution < -0.4 is 20.1 Å². The van der Waals surface area contributed by atoms with Crippen LogP contribution in [0.25, 0.3) is 11.5 Å². The molecule has 2 aliphatic rings. The van der Waals surface area contributed by atoms with Crippen LogP contribution in [0.1, 0.15) is 50.8 Å². The highest BCUT2D eigenvalue weighted by molar-refractivity contribution is 5.94. The number of nitrogens with zero attached hydrogens (tertiary/aromatic N) is 4. The number of amides is 3. The number of rotatable bonds is 4. The van der Waals surface area contributed by atoms with E-state index >= 15 is 0 Å². The van der Waals surface area contributed by atoms with E-state index in [-0.39, 0.29) is 73.5 Å². The second kappa shape index (κ2) is 15.8. The van der Waals surface area contributed by atoms with Gasteiger partial charge in [-0.1, -0.05) is 6.07 Å². The zero-order valence-electron chi connectivity index (χ0n) is 27.7. The predicted octanol–water partition coefficient (Wildman–Crippen LogP) is 2.40. The Morgan fingerprint density at radius 3 is 2.51 bits per heavy atom. The first-order valence-corrected chi connectivity index (χ1v) is 15.6. The summed E-state index contributed by atoms with van der Waals surface area (Å²) in [5, 5.41) is 23.2. The van der Waals surface area contributed by atoms with Gasteiger partial charge in [-0.05, 0) is 55.7 Å². The van der Waals surface area contributed by atoms with E-state index in [4.69, 9.17) is 23.8 Å². The lowest BCUT2D eigenvalue weighted by Gasteiger charge is -2.24. The Kier molecular flexibility index (Phi) is 11.1. The third-order valence-electron chi connectivity index (χ3n) is 8.14. The van der Waals surface area contributed by atoms with Gasteiger partial charge in [0.25, 0.3) is 12.4 Å². The van der Waals surface area contributed by atoms with Crippen molar-refractivity contribution in [1.29, 1.82) is 0 Å². The number of esters is 1. The molecule has 0 radical (unpaired) electrons. The highest BCUT2D eigenvalue weighted by Gasteiger charge is 2.40. The van der Waals surface area contributed by atoms with Crippen molar-refractivity contribution in [3.63, 3.8) is 0 Å². The molecule has 4 aromatic rings. The Morgan fingerprint density at radius 2 is 1.80 bits per heavy atom. The summed E-state index contributed by atoms with van der Waals surface area (Å²) in [4.78, 5) is 74.2. The van der Waals surface area contributed by atoms with E-state index in [9.17, 15) is 24.3 Å². The van der Waals surface area contributed by atoms with Crippen molar-refractivity contribution in [2.75, 3.05) is 20.8 Å². The van der Waals surface area contributed by atoms with E-state index in [0.717, 1.165) is 12.4 Å². The zero-order chi connectivity index (χ0) is 36.7. The molecule has 17 heteroatoms. The lowest BCUT2D eigenvalue weighted by molar-refractivity contribution is -0.138. The van der Waals surface area contributed by atoms with Gasteiger partial charge in [0.05, 0.1) is 33.2 Å². The molecule has 6 rings (SSSR count). The minimum Gasteiger partial charge on any atom is -0.504 e. The molecule has 0 saturated carbocycles. The number of benzene rings is 2. The molecule has 266 valence electrons. The number of methoxy groups -OCH3 is 2. The number of fused-ring (bicyclic) bond motifs is 8. The van der Waals surface area contributed by atoms with Gasteiger partial charge >= 0.3 is 5.97 Å². The minimum atomic E-state index is -0.885. The van der Waals surface area contributed by atoms with Crippen molar-refractivity contribution in [2.24, 2.45) is 0 Å². The molecule has 4 N–H and O–H groups in total. The number of carbonyl (C=O) groups excluding carboxylic acids is 4. The van der Waals surface area contributed by atoms with Crippen LogP contribution in [0.2, 0.25) is 0 Å². The van der Waals surface area contributed by atoms with Crippen molar-refractivity contribution in [3.05, 3.63) is 77.2 Å². The van der Waals surface area contributed by atoms with E-state index < -0.39 is 29.9 Å². The molecule has 2 aromatic carbocycles. The first-order chi connectivity index (χ1) is 24.5. The minimum absolute atomic E-state index is 0.0316. The first kappa shape index (κ1) is 35.8. The third-order valence-corrected chi connectivity index (χ3v) is 8.14. The molecule has 0 spiro atoms. The molecule has 2 atom stereocenters. The van der Waals surface area contributed by atoms with E-state index in [1.807, 2.05) is 0 Å². The molecule has 0 aliphatic carbocycles. The fourth-order valence-corrected chi connectivity index (χ4v) is 5.58. The maximum atomic E-state index is 13.6. The average molecular weight is 703 g/mol. The zero-order valence-corrected chi connectivity index (χ0v) is 27.7. The number of hydrogen-bond acceptors (Lipinski definition) is 13. The molecule has 2 aromatic heterocycles. The molecule has 1 fully saturated rings. The lowest BCUT2D eigenvalue weighted by Crippen LogP contribution is -2.46. The number of phenolic OH excluding ortho intramolecular Hbond substituents is 1. The molecule has 3 amide bonds. The van der Waals surface area contributed by atoms with Gasteiger partial charge < -0.3 is 44.4 Å². The van der Waals surface area contributed by atoms with E-state index in [1.165, 1.54) is 25.2 Å². The Labute approximate surface area is 290 Å². The molecule has 6 bridgehead atoms. The van der Waals surface area contributed by atoms with Crippen LogP contribution in [0.3, 0.4) is 0 Å². The van der Waals surface area contributed by atoms with E-state index in [1.54, 1.807) is 37.3 Å². The number of carbonyl (C=O) groups is 5. The maximum absolute atomic E-state index is 13.6. The summed E-state index contributed by atoms with van der Waals surface area (Å²) in [5.41, 5.74) is 1.67. The largest absolute Gasteiger partial charge is 0.504 e. The van der Waals surface area contributed by atoms with Crippen LogP contribution >= 0.6 is 0 Å². The number of phenols is 1. The summed E-state index contributed by atoms with van der Waals surface area (Å²) in [6, 6.07) is 8.45. The number of hydrogen-bond donors (Lipinski definition) is 4. The van der Waals surface area contributed by atoms with E-state index in [0.29, 0.717) is 34.1 Å². The van der Waals surface area contributed by atoms with Crippen LogP contribution in [-0.4, -0.2) is 93.1 Å². The number of nitrogens with one attached hydrogen (secondary N) is 2. The summed E-state index contributed by atoms with van der Waals surface area (Å²) in [5.74, 6) is -0.458. The highest BCUT2D eigenvalue weighted by Crippen LogP contribution is 2.39. The summed E-state index contributed by atoms with van der Waals surface area (Å²) in [6.45, 7) is 1.58. The second-order valence-electron chi connectivity index (χ2n) is 11.4. The van der Waals surface area contributed by atoms with Crippen LogP contribution in [0.4, 0.5) is 0 Å². The number of aromatic hydroxyl groups is 1. The third kappa shape index (κ3) is 8.21. The Morgan fingerprint density at radius 1 is 1.06 bits per heavy atom. The Bertz CT molecular complexity index is 1950. The van der Waals surface area contributed by atoms with Crippen molar-refractivity contribution in [3.8, 4) is 34.5 Å². The summed E-state index contributed by atoms with van der Waals surface area (Å²) >= 11 is 0. The predicted molar refractivity (Wildman–Crippen MR) is 175 cm³/mol. The number of ether oxygens (including phenoxy) is 3. The molecule has 1 saturated heterocycles. The number of oxazole rings is 1. The lowest BCUT2D eigenvalue weighted by atomic mass is 10.1. The number of aryl methyl sites for hydroxylation is 2. The SMILES string of the molecule is COC(=O)c1cnc(C(=O)N[C@H]2C[C@H]3C(=O)NCc4nc(oc4C)-c4ccc(OC)c(c4)Oc4cc(ccc4O)CCC(=O)N3C2)cn1.O=CO.